The van der Waals surface area contributed by atoms with Gasteiger partial charge in [0.1, 0.15) is 6.61 Å². The molecule has 0 saturated heterocycles. The van der Waals surface area contributed by atoms with Gasteiger partial charge in [0.15, 0.2) is 5.78 Å². The highest BCUT2D eigenvalue weighted by molar-refractivity contribution is 5.82. The largest absolute Gasteiger partial charge is 0.374 e. The number of carbonyl (C=O) groups is 1. The fourth-order valence-corrected chi connectivity index (χ4v) is 2.35. The van der Waals surface area contributed by atoms with E-state index in [-0.39, 0.29) is 0 Å². The molecular formula is C14H26O2. The van der Waals surface area contributed by atoms with E-state index in [4.69, 9.17) is 4.74 Å². The summed E-state index contributed by atoms with van der Waals surface area (Å²) < 4.78 is 5.44. The van der Waals surface area contributed by atoms with Crippen molar-refractivity contribution in [3.8, 4) is 0 Å². The van der Waals surface area contributed by atoms with E-state index in [2.05, 4.69) is 6.92 Å². The summed E-state index contributed by atoms with van der Waals surface area (Å²) in [4.78, 5) is 11.7. The lowest BCUT2D eigenvalue weighted by molar-refractivity contribution is -0.127. The van der Waals surface area contributed by atoms with Crippen LogP contribution >= 0.6 is 0 Å². The summed E-state index contributed by atoms with van der Waals surface area (Å²) in [6, 6.07) is 0. The van der Waals surface area contributed by atoms with Gasteiger partial charge in [0.25, 0.3) is 0 Å². The van der Waals surface area contributed by atoms with Crippen LogP contribution in [0.15, 0.2) is 0 Å². The molecule has 2 heteroatoms. The number of hydrogen-bond donors (Lipinski definition) is 0. The minimum absolute atomic E-state index is 0.320. The van der Waals surface area contributed by atoms with E-state index in [9.17, 15) is 4.79 Å². The third-order valence-electron chi connectivity index (χ3n) is 3.45. The Labute approximate surface area is 99.8 Å². The van der Waals surface area contributed by atoms with E-state index in [0.717, 1.165) is 25.9 Å². The first-order chi connectivity index (χ1) is 7.84. The maximum absolute atomic E-state index is 11.7. The highest BCUT2D eigenvalue weighted by Gasteiger charge is 2.22. The maximum Gasteiger partial charge on any atom is 0.161 e. The molecular weight excluding hydrogens is 200 g/mol. The molecule has 0 spiro atoms. The van der Waals surface area contributed by atoms with Crippen LogP contribution in [0.5, 0.6) is 0 Å². The molecule has 0 radical (unpaired) electrons. The van der Waals surface area contributed by atoms with Crippen molar-refractivity contribution in [1.82, 2.24) is 0 Å². The van der Waals surface area contributed by atoms with Gasteiger partial charge in [0, 0.05) is 12.5 Å². The summed E-state index contributed by atoms with van der Waals surface area (Å²) in [5, 5.41) is 0. The number of rotatable bonds is 9. The standard InChI is InChI=1S/C14H26O2/c1-2-3-4-5-8-11-16-12-14(15)13-9-6-7-10-13/h13H,2-12H2,1H3. The van der Waals surface area contributed by atoms with Crippen LogP contribution in [0, 0.1) is 5.92 Å². The molecule has 0 heterocycles. The molecule has 0 aromatic heterocycles. The van der Waals surface area contributed by atoms with Gasteiger partial charge in [-0.1, -0.05) is 45.4 Å². The Hall–Kier alpha value is -0.370. The summed E-state index contributed by atoms with van der Waals surface area (Å²) in [5.41, 5.74) is 0. The summed E-state index contributed by atoms with van der Waals surface area (Å²) in [6.07, 6.45) is 10.9. The molecule has 0 aromatic rings. The quantitative estimate of drug-likeness (QED) is 0.560. The van der Waals surface area contributed by atoms with Gasteiger partial charge < -0.3 is 4.74 Å². The van der Waals surface area contributed by atoms with Crippen LogP contribution in [-0.4, -0.2) is 19.0 Å². The van der Waals surface area contributed by atoms with Gasteiger partial charge in [0.2, 0.25) is 0 Å². The third kappa shape index (κ3) is 5.64. The van der Waals surface area contributed by atoms with E-state index in [0.29, 0.717) is 18.3 Å². The van der Waals surface area contributed by atoms with Crippen molar-refractivity contribution in [2.45, 2.75) is 64.7 Å². The molecule has 1 rings (SSSR count). The summed E-state index contributed by atoms with van der Waals surface area (Å²) >= 11 is 0. The Morgan fingerprint density at radius 1 is 1.12 bits per heavy atom. The van der Waals surface area contributed by atoms with Crippen molar-refractivity contribution in [2.75, 3.05) is 13.2 Å². The average Bonchev–Trinajstić information content (AvgIpc) is 2.81. The Morgan fingerprint density at radius 2 is 1.81 bits per heavy atom. The molecule has 16 heavy (non-hydrogen) atoms. The third-order valence-corrected chi connectivity index (χ3v) is 3.45. The highest BCUT2D eigenvalue weighted by atomic mass is 16.5. The Balaban J connectivity index is 1.88. The molecule has 0 aromatic carbocycles. The van der Waals surface area contributed by atoms with Gasteiger partial charge in [-0.05, 0) is 19.3 Å². The molecule has 1 aliphatic carbocycles. The molecule has 1 fully saturated rings. The second-order valence-electron chi connectivity index (χ2n) is 4.91. The lowest BCUT2D eigenvalue weighted by Gasteiger charge is -2.08. The lowest BCUT2D eigenvalue weighted by Crippen LogP contribution is -2.17. The number of carbonyl (C=O) groups excluding carboxylic acids is 1. The van der Waals surface area contributed by atoms with Crippen molar-refractivity contribution >= 4 is 5.78 Å². The SMILES string of the molecule is CCCCCCCOCC(=O)C1CCCC1. The molecule has 0 N–H and O–H groups in total. The van der Waals surface area contributed by atoms with Gasteiger partial charge in [-0.3, -0.25) is 4.79 Å². The van der Waals surface area contributed by atoms with Crippen LogP contribution in [0.4, 0.5) is 0 Å². The first-order valence-corrected chi connectivity index (χ1v) is 6.95. The number of unbranched alkanes of at least 4 members (excludes halogenated alkanes) is 4. The van der Waals surface area contributed by atoms with Crippen LogP contribution in [-0.2, 0) is 9.53 Å². The summed E-state index contributed by atoms with van der Waals surface area (Å²) in [7, 11) is 0. The zero-order valence-electron chi connectivity index (χ0n) is 10.7. The molecule has 0 unspecified atom stereocenters. The number of ether oxygens (including phenoxy) is 1. The second kappa shape index (κ2) is 8.74. The Morgan fingerprint density at radius 3 is 2.50 bits per heavy atom. The molecule has 0 bridgehead atoms. The first-order valence-electron chi connectivity index (χ1n) is 6.95. The van der Waals surface area contributed by atoms with Crippen molar-refractivity contribution < 1.29 is 9.53 Å². The van der Waals surface area contributed by atoms with Crippen molar-refractivity contribution in [1.29, 1.82) is 0 Å². The highest BCUT2D eigenvalue weighted by Crippen LogP contribution is 2.25. The predicted molar refractivity (Wildman–Crippen MR) is 66.5 cm³/mol. The van der Waals surface area contributed by atoms with Gasteiger partial charge in [-0.2, -0.15) is 0 Å². The molecule has 0 amide bonds. The molecule has 2 nitrogen and oxygen atoms in total. The minimum atomic E-state index is 0.320. The number of Topliss-reactive ketones (excluding diaryl/α,β-unsaturated/α-hetero) is 1. The molecule has 1 aliphatic rings. The van der Waals surface area contributed by atoms with E-state index in [1.165, 1.54) is 38.5 Å². The number of hydrogen-bond acceptors (Lipinski definition) is 2. The average molecular weight is 226 g/mol. The summed E-state index contributed by atoms with van der Waals surface area (Å²) in [5.74, 6) is 0.658. The van der Waals surface area contributed by atoms with Gasteiger partial charge in [0.05, 0.1) is 0 Å². The Kier molecular flexibility index (Phi) is 7.48. The minimum Gasteiger partial charge on any atom is -0.374 e. The van der Waals surface area contributed by atoms with Crippen LogP contribution in [0.1, 0.15) is 64.7 Å². The second-order valence-corrected chi connectivity index (χ2v) is 4.91. The van der Waals surface area contributed by atoms with Crippen molar-refractivity contribution in [3.63, 3.8) is 0 Å². The maximum atomic E-state index is 11.7. The van der Waals surface area contributed by atoms with Gasteiger partial charge in [-0.15, -0.1) is 0 Å². The van der Waals surface area contributed by atoms with Gasteiger partial charge in [-0.25, -0.2) is 0 Å². The molecule has 94 valence electrons. The van der Waals surface area contributed by atoms with E-state index in [1.807, 2.05) is 0 Å². The fourth-order valence-electron chi connectivity index (χ4n) is 2.35. The lowest BCUT2D eigenvalue weighted by atomic mass is 10.0. The van der Waals surface area contributed by atoms with Crippen LogP contribution in [0.3, 0.4) is 0 Å². The zero-order chi connectivity index (χ0) is 11.6. The van der Waals surface area contributed by atoms with E-state index < -0.39 is 0 Å². The van der Waals surface area contributed by atoms with E-state index in [1.54, 1.807) is 0 Å². The predicted octanol–water partition coefficient (Wildman–Crippen LogP) is 3.73. The van der Waals surface area contributed by atoms with Crippen LogP contribution in [0.2, 0.25) is 0 Å². The molecule has 0 atom stereocenters. The smallest absolute Gasteiger partial charge is 0.161 e. The Bertz CT molecular complexity index is 183. The zero-order valence-corrected chi connectivity index (χ0v) is 10.7. The van der Waals surface area contributed by atoms with Crippen LogP contribution < -0.4 is 0 Å². The topological polar surface area (TPSA) is 26.3 Å². The molecule has 1 saturated carbocycles. The summed E-state index contributed by atoms with van der Waals surface area (Å²) in [6.45, 7) is 3.34. The number of ketones is 1. The van der Waals surface area contributed by atoms with E-state index >= 15 is 0 Å². The first kappa shape index (κ1) is 13.7. The normalized spacial score (nSPS) is 16.8. The van der Waals surface area contributed by atoms with Gasteiger partial charge >= 0.3 is 0 Å². The monoisotopic (exact) mass is 226 g/mol. The fraction of sp³-hybridized carbons (Fsp3) is 0.929. The van der Waals surface area contributed by atoms with Crippen molar-refractivity contribution in [2.24, 2.45) is 5.92 Å². The van der Waals surface area contributed by atoms with Crippen molar-refractivity contribution in [3.05, 3.63) is 0 Å². The van der Waals surface area contributed by atoms with Crippen LogP contribution in [0.25, 0.3) is 0 Å². The molecule has 0 aliphatic heterocycles.